The average molecular weight is 313 g/mol. The fraction of sp³-hybridized carbons (Fsp3) is 0.538. The van der Waals surface area contributed by atoms with Crippen LogP contribution < -0.4 is 0 Å². The highest BCUT2D eigenvalue weighted by Crippen LogP contribution is 2.09. The molecule has 21 heavy (non-hydrogen) atoms. The van der Waals surface area contributed by atoms with Crippen molar-refractivity contribution in [3.63, 3.8) is 0 Å². The highest BCUT2D eigenvalue weighted by atomic mass is 32.2. The second kappa shape index (κ2) is 6.97. The van der Waals surface area contributed by atoms with E-state index in [0.29, 0.717) is 32.6 Å². The molecule has 1 aliphatic rings. The molecular formula is C13H19N3O4S. The van der Waals surface area contributed by atoms with Crippen molar-refractivity contribution in [2.45, 2.75) is 6.42 Å². The zero-order valence-corrected chi connectivity index (χ0v) is 12.5. The Bertz CT molecular complexity index is 568. The van der Waals surface area contributed by atoms with Gasteiger partial charge < -0.3 is 5.11 Å². The first-order valence-electron chi connectivity index (χ1n) is 6.79. The number of carboxylic acids is 1. The lowest BCUT2D eigenvalue weighted by Gasteiger charge is -2.32. The van der Waals surface area contributed by atoms with Crippen molar-refractivity contribution in [3.8, 4) is 0 Å². The van der Waals surface area contributed by atoms with Crippen LogP contribution in [0.5, 0.6) is 0 Å². The maximum atomic E-state index is 12.3. The van der Waals surface area contributed by atoms with Crippen molar-refractivity contribution in [2.24, 2.45) is 0 Å². The van der Waals surface area contributed by atoms with Crippen molar-refractivity contribution in [3.05, 3.63) is 30.1 Å². The van der Waals surface area contributed by atoms with Crippen molar-refractivity contribution < 1.29 is 18.3 Å². The van der Waals surface area contributed by atoms with E-state index in [-0.39, 0.29) is 12.3 Å². The Labute approximate surface area is 124 Å². The fourth-order valence-corrected chi connectivity index (χ4v) is 3.71. The number of carboxylic acid groups (broad SMARTS) is 1. The molecule has 0 aromatic carbocycles. The van der Waals surface area contributed by atoms with Crippen LogP contribution in [0, 0.1) is 0 Å². The number of hydrogen-bond donors (Lipinski definition) is 1. The second-order valence-electron chi connectivity index (χ2n) is 4.96. The van der Waals surface area contributed by atoms with Gasteiger partial charge in [0.1, 0.15) is 0 Å². The van der Waals surface area contributed by atoms with E-state index in [4.69, 9.17) is 5.11 Å². The van der Waals surface area contributed by atoms with Crippen LogP contribution in [-0.4, -0.2) is 72.2 Å². The first-order valence-corrected chi connectivity index (χ1v) is 8.40. The van der Waals surface area contributed by atoms with Gasteiger partial charge in [0.2, 0.25) is 10.0 Å². The molecule has 2 rings (SSSR count). The highest BCUT2D eigenvalue weighted by molar-refractivity contribution is 7.89. The summed E-state index contributed by atoms with van der Waals surface area (Å²) in [6, 6.07) is 5.43. The van der Waals surface area contributed by atoms with Gasteiger partial charge in [-0.3, -0.25) is 14.7 Å². The summed E-state index contributed by atoms with van der Waals surface area (Å²) < 4.78 is 25.9. The maximum absolute atomic E-state index is 12.3. The first-order chi connectivity index (χ1) is 9.97. The van der Waals surface area contributed by atoms with Gasteiger partial charge in [-0.15, -0.1) is 0 Å². The molecule has 1 aromatic rings. The van der Waals surface area contributed by atoms with Crippen molar-refractivity contribution in [1.82, 2.24) is 14.2 Å². The topological polar surface area (TPSA) is 90.8 Å². The van der Waals surface area contributed by atoms with E-state index in [1.807, 2.05) is 6.07 Å². The Morgan fingerprint density at radius 3 is 2.52 bits per heavy atom. The van der Waals surface area contributed by atoms with Crippen LogP contribution in [0.4, 0.5) is 0 Å². The van der Waals surface area contributed by atoms with E-state index in [1.165, 1.54) is 4.31 Å². The third kappa shape index (κ3) is 4.76. The van der Waals surface area contributed by atoms with E-state index in [9.17, 15) is 13.2 Å². The van der Waals surface area contributed by atoms with Gasteiger partial charge in [0.15, 0.2) is 0 Å². The molecule has 1 aromatic heterocycles. The van der Waals surface area contributed by atoms with Crippen LogP contribution in [0.25, 0.3) is 0 Å². The Kier molecular flexibility index (Phi) is 5.27. The van der Waals surface area contributed by atoms with Crippen LogP contribution in [-0.2, 0) is 21.2 Å². The largest absolute Gasteiger partial charge is 0.480 e. The molecule has 8 heteroatoms. The zero-order chi connectivity index (χ0) is 15.3. The van der Waals surface area contributed by atoms with E-state index in [0.717, 1.165) is 5.69 Å². The molecule has 0 unspecified atom stereocenters. The lowest BCUT2D eigenvalue weighted by molar-refractivity contribution is -0.138. The predicted octanol–water partition coefficient (Wildman–Crippen LogP) is -0.344. The van der Waals surface area contributed by atoms with E-state index >= 15 is 0 Å². The summed E-state index contributed by atoms with van der Waals surface area (Å²) >= 11 is 0. The summed E-state index contributed by atoms with van der Waals surface area (Å²) in [5.74, 6) is -0.857. The molecule has 1 saturated heterocycles. The molecule has 0 amide bonds. The molecule has 1 fully saturated rings. The van der Waals surface area contributed by atoms with Gasteiger partial charge in [-0.05, 0) is 12.1 Å². The van der Waals surface area contributed by atoms with E-state index < -0.39 is 16.0 Å². The molecule has 0 spiro atoms. The molecule has 0 radical (unpaired) electrons. The number of rotatable bonds is 6. The van der Waals surface area contributed by atoms with Gasteiger partial charge in [-0.1, -0.05) is 6.07 Å². The smallest absolute Gasteiger partial charge is 0.317 e. The molecule has 116 valence electrons. The number of aromatic nitrogens is 1. The number of sulfonamides is 1. The number of nitrogens with zero attached hydrogens (tertiary/aromatic N) is 3. The molecule has 7 nitrogen and oxygen atoms in total. The molecular weight excluding hydrogens is 294 g/mol. The lowest BCUT2D eigenvalue weighted by atomic mass is 10.3. The van der Waals surface area contributed by atoms with Gasteiger partial charge in [0, 0.05) is 44.5 Å². The van der Waals surface area contributed by atoms with Crippen molar-refractivity contribution in [1.29, 1.82) is 0 Å². The first kappa shape index (κ1) is 15.9. The van der Waals surface area contributed by atoms with Gasteiger partial charge in [0.05, 0.1) is 12.3 Å². The molecule has 0 saturated carbocycles. The molecule has 0 bridgehead atoms. The van der Waals surface area contributed by atoms with Crippen molar-refractivity contribution >= 4 is 16.0 Å². The van der Waals surface area contributed by atoms with Crippen LogP contribution in [0.3, 0.4) is 0 Å². The van der Waals surface area contributed by atoms with Gasteiger partial charge in [-0.2, -0.15) is 4.31 Å². The fourth-order valence-electron chi connectivity index (χ4n) is 2.27. The molecule has 1 aliphatic heterocycles. The lowest BCUT2D eigenvalue weighted by Crippen LogP contribution is -2.50. The normalized spacial score (nSPS) is 17.7. The quantitative estimate of drug-likeness (QED) is 0.772. The third-order valence-corrected chi connectivity index (χ3v) is 5.30. The number of piperazine rings is 1. The second-order valence-corrected chi connectivity index (χ2v) is 7.04. The van der Waals surface area contributed by atoms with Gasteiger partial charge >= 0.3 is 5.97 Å². The average Bonchev–Trinajstić information content (AvgIpc) is 2.46. The maximum Gasteiger partial charge on any atom is 0.317 e. The summed E-state index contributed by atoms with van der Waals surface area (Å²) in [7, 11) is -3.31. The minimum atomic E-state index is -3.31. The van der Waals surface area contributed by atoms with Crippen molar-refractivity contribution in [2.75, 3.05) is 38.5 Å². The SMILES string of the molecule is O=C(O)CN1CCN(S(=O)(=O)CCc2ccccn2)CC1. The number of aryl methyl sites for hydroxylation is 1. The standard InChI is InChI=1S/C13H19N3O4S/c17-13(18)11-15-6-8-16(9-7-15)21(19,20)10-4-12-3-1-2-5-14-12/h1-3,5H,4,6-11H2,(H,17,18). The Hall–Kier alpha value is -1.51. The van der Waals surface area contributed by atoms with Crippen LogP contribution in [0.2, 0.25) is 0 Å². The Balaban J connectivity index is 1.85. The van der Waals surface area contributed by atoms with E-state index in [2.05, 4.69) is 4.98 Å². The molecule has 0 atom stereocenters. The number of hydrogen-bond acceptors (Lipinski definition) is 5. The zero-order valence-electron chi connectivity index (χ0n) is 11.7. The number of carbonyl (C=O) groups is 1. The monoisotopic (exact) mass is 313 g/mol. The summed E-state index contributed by atoms with van der Waals surface area (Å²) in [5, 5.41) is 8.72. The molecule has 1 N–H and O–H groups in total. The molecule has 2 heterocycles. The van der Waals surface area contributed by atoms with Gasteiger partial charge in [0.25, 0.3) is 0 Å². The summed E-state index contributed by atoms with van der Waals surface area (Å²) in [6.07, 6.45) is 2.03. The Morgan fingerprint density at radius 1 is 1.24 bits per heavy atom. The highest BCUT2D eigenvalue weighted by Gasteiger charge is 2.27. The van der Waals surface area contributed by atoms with Crippen LogP contribution in [0.15, 0.2) is 24.4 Å². The minimum Gasteiger partial charge on any atom is -0.480 e. The minimum absolute atomic E-state index is 0.0307. The Morgan fingerprint density at radius 2 is 1.95 bits per heavy atom. The van der Waals surface area contributed by atoms with Gasteiger partial charge in [-0.25, -0.2) is 8.42 Å². The number of pyridine rings is 1. The van der Waals surface area contributed by atoms with Crippen LogP contribution in [0.1, 0.15) is 5.69 Å². The summed E-state index contributed by atoms with van der Waals surface area (Å²) in [5.41, 5.74) is 0.755. The van der Waals surface area contributed by atoms with E-state index in [1.54, 1.807) is 23.2 Å². The number of aliphatic carboxylic acids is 1. The summed E-state index contributed by atoms with van der Waals surface area (Å²) in [6.45, 7) is 1.56. The third-order valence-electron chi connectivity index (χ3n) is 3.43. The molecule has 0 aliphatic carbocycles. The summed E-state index contributed by atoms with van der Waals surface area (Å²) in [4.78, 5) is 16.5. The predicted molar refractivity (Wildman–Crippen MR) is 77.4 cm³/mol. The van der Waals surface area contributed by atoms with Crippen LogP contribution >= 0.6 is 0 Å².